The van der Waals surface area contributed by atoms with Gasteiger partial charge in [0.2, 0.25) is 5.91 Å². The molecule has 0 bridgehead atoms. The summed E-state index contributed by atoms with van der Waals surface area (Å²) in [5.41, 5.74) is 4.47. The highest BCUT2D eigenvalue weighted by molar-refractivity contribution is 5.97. The second-order valence-electron chi connectivity index (χ2n) is 6.94. The molecule has 4 nitrogen and oxygen atoms in total. The van der Waals surface area contributed by atoms with Crippen molar-refractivity contribution in [3.05, 3.63) is 71.6 Å². The Labute approximate surface area is 155 Å². The lowest BCUT2D eigenvalue weighted by Crippen LogP contribution is -2.27. The summed E-state index contributed by atoms with van der Waals surface area (Å²) in [6, 6.07) is 9.34. The van der Waals surface area contributed by atoms with E-state index in [4.69, 9.17) is 0 Å². The summed E-state index contributed by atoms with van der Waals surface area (Å²) < 4.78 is 26.8. The van der Waals surface area contributed by atoms with Crippen LogP contribution in [0.15, 0.2) is 48.8 Å². The zero-order valence-corrected chi connectivity index (χ0v) is 14.9. The molecule has 0 spiro atoms. The largest absolute Gasteiger partial charge is 0.312 e. The molecule has 1 N–H and O–H groups in total. The summed E-state index contributed by atoms with van der Waals surface area (Å²) in [6.07, 6.45) is 4.60. The van der Waals surface area contributed by atoms with Gasteiger partial charge >= 0.3 is 0 Å². The lowest BCUT2D eigenvalue weighted by Gasteiger charge is -2.18. The fourth-order valence-electron chi connectivity index (χ4n) is 3.74. The molecular formula is C21H19F2N3O. The molecule has 6 heteroatoms. The molecular weight excluding hydrogens is 348 g/mol. The highest BCUT2D eigenvalue weighted by Crippen LogP contribution is 2.31. The summed E-state index contributed by atoms with van der Waals surface area (Å²) in [5, 5.41) is 6.77. The van der Waals surface area contributed by atoms with Crippen LogP contribution >= 0.6 is 0 Å². The summed E-state index contributed by atoms with van der Waals surface area (Å²) in [7, 11) is 0. The smallest absolute Gasteiger partial charge is 0.230 e. The van der Waals surface area contributed by atoms with E-state index in [1.165, 1.54) is 12.1 Å². The van der Waals surface area contributed by atoms with Crippen molar-refractivity contribution in [1.29, 1.82) is 0 Å². The summed E-state index contributed by atoms with van der Waals surface area (Å²) >= 11 is 0. The number of anilines is 1. The Bertz CT molecular complexity index is 965. The number of nitrogens with zero attached hydrogens (tertiary/aromatic N) is 2. The van der Waals surface area contributed by atoms with Gasteiger partial charge < -0.3 is 4.90 Å². The Hall–Kier alpha value is -3.02. The first-order valence-electron chi connectivity index (χ1n) is 8.87. The molecule has 1 saturated heterocycles. The Kier molecular flexibility index (Phi) is 4.48. The molecule has 4 rings (SSSR count). The molecule has 1 aromatic heterocycles. The third-order valence-corrected chi connectivity index (χ3v) is 5.05. The first kappa shape index (κ1) is 17.4. The molecule has 1 fully saturated rings. The molecule has 2 heterocycles. The maximum Gasteiger partial charge on any atom is 0.230 e. The highest BCUT2D eigenvalue weighted by Gasteiger charge is 2.32. The molecule has 1 amide bonds. The third kappa shape index (κ3) is 3.47. The Morgan fingerprint density at radius 3 is 2.63 bits per heavy atom. The van der Waals surface area contributed by atoms with E-state index in [1.807, 2.05) is 31.3 Å². The topological polar surface area (TPSA) is 49.0 Å². The van der Waals surface area contributed by atoms with Gasteiger partial charge in [0.05, 0.1) is 6.20 Å². The van der Waals surface area contributed by atoms with Crippen LogP contribution in [0.3, 0.4) is 0 Å². The predicted molar refractivity (Wildman–Crippen MR) is 99.3 cm³/mol. The minimum Gasteiger partial charge on any atom is -0.312 e. The lowest BCUT2D eigenvalue weighted by molar-refractivity contribution is -0.120. The van der Waals surface area contributed by atoms with E-state index in [0.29, 0.717) is 24.9 Å². The quantitative estimate of drug-likeness (QED) is 0.749. The van der Waals surface area contributed by atoms with Gasteiger partial charge in [-0.2, -0.15) is 5.10 Å². The fourth-order valence-corrected chi connectivity index (χ4v) is 3.74. The van der Waals surface area contributed by atoms with Crippen LogP contribution in [0.5, 0.6) is 0 Å². The van der Waals surface area contributed by atoms with Crippen molar-refractivity contribution in [1.82, 2.24) is 10.2 Å². The van der Waals surface area contributed by atoms with Crippen molar-refractivity contribution < 1.29 is 13.6 Å². The minimum absolute atomic E-state index is 0.00451. The standard InChI is InChI=1S/C21H19F2N3O/c1-13-6-19(2-3-20(13)16-11-24-25-12-16)26-5-4-15(21(26)27)7-14-8-17(22)10-18(23)9-14/h2-3,6,8-12,15H,4-5,7H2,1H3,(H,24,25). The van der Waals surface area contributed by atoms with E-state index >= 15 is 0 Å². The van der Waals surface area contributed by atoms with Gasteiger partial charge in [0.1, 0.15) is 11.6 Å². The second-order valence-corrected chi connectivity index (χ2v) is 6.94. The summed E-state index contributed by atoms with van der Waals surface area (Å²) in [6.45, 7) is 2.60. The van der Waals surface area contributed by atoms with Crippen LogP contribution < -0.4 is 4.90 Å². The molecule has 138 valence electrons. The van der Waals surface area contributed by atoms with Crippen molar-refractivity contribution in [2.45, 2.75) is 19.8 Å². The number of benzene rings is 2. The monoisotopic (exact) mass is 367 g/mol. The normalized spacial score (nSPS) is 16.9. The van der Waals surface area contributed by atoms with Crippen LogP contribution in [0.25, 0.3) is 11.1 Å². The number of aromatic nitrogens is 2. The Morgan fingerprint density at radius 1 is 1.19 bits per heavy atom. The third-order valence-electron chi connectivity index (χ3n) is 5.05. The van der Waals surface area contributed by atoms with Crippen molar-refractivity contribution in [3.63, 3.8) is 0 Å². The molecule has 3 aromatic rings. The number of H-pyrrole nitrogens is 1. The van der Waals surface area contributed by atoms with Crippen LogP contribution in [-0.4, -0.2) is 22.6 Å². The van der Waals surface area contributed by atoms with Gasteiger partial charge in [-0.3, -0.25) is 9.89 Å². The van der Waals surface area contributed by atoms with Crippen molar-refractivity contribution in [3.8, 4) is 11.1 Å². The number of halogens is 2. The number of aryl methyl sites for hydroxylation is 1. The van der Waals surface area contributed by atoms with Crippen LogP contribution in [0.2, 0.25) is 0 Å². The first-order chi connectivity index (χ1) is 13.0. The van der Waals surface area contributed by atoms with Gasteiger partial charge in [0, 0.05) is 36.0 Å². The van der Waals surface area contributed by atoms with Crippen molar-refractivity contribution >= 4 is 11.6 Å². The summed E-state index contributed by atoms with van der Waals surface area (Å²) in [5.74, 6) is -1.49. The molecule has 1 aliphatic rings. The molecule has 1 aliphatic heterocycles. The van der Waals surface area contributed by atoms with Crippen molar-refractivity contribution in [2.75, 3.05) is 11.4 Å². The number of rotatable bonds is 4. The van der Waals surface area contributed by atoms with E-state index < -0.39 is 11.6 Å². The van der Waals surface area contributed by atoms with Crippen LogP contribution in [0, 0.1) is 24.5 Å². The molecule has 0 aliphatic carbocycles. The molecule has 27 heavy (non-hydrogen) atoms. The van der Waals surface area contributed by atoms with Gasteiger partial charge in [0.15, 0.2) is 0 Å². The number of hydrogen-bond donors (Lipinski definition) is 1. The van der Waals surface area contributed by atoms with Gasteiger partial charge in [-0.15, -0.1) is 0 Å². The number of amides is 1. The summed E-state index contributed by atoms with van der Waals surface area (Å²) in [4.78, 5) is 14.6. The number of hydrogen-bond acceptors (Lipinski definition) is 2. The number of nitrogens with one attached hydrogen (secondary N) is 1. The van der Waals surface area contributed by atoms with Crippen LogP contribution in [0.1, 0.15) is 17.5 Å². The van der Waals surface area contributed by atoms with Gasteiger partial charge in [-0.1, -0.05) is 6.07 Å². The number of carbonyl (C=O) groups excluding carboxylic acids is 1. The molecule has 1 atom stereocenters. The van der Waals surface area contributed by atoms with Crippen molar-refractivity contribution in [2.24, 2.45) is 5.92 Å². The van der Waals surface area contributed by atoms with Gasteiger partial charge in [-0.05, 0) is 60.7 Å². The molecule has 2 aromatic carbocycles. The van der Waals surface area contributed by atoms with Crippen LogP contribution in [0.4, 0.5) is 14.5 Å². The maximum absolute atomic E-state index is 13.4. The van der Waals surface area contributed by atoms with Gasteiger partial charge in [0.25, 0.3) is 0 Å². The SMILES string of the molecule is Cc1cc(N2CCC(Cc3cc(F)cc(F)c3)C2=O)ccc1-c1cn[nH]c1. The maximum atomic E-state index is 13.4. The average Bonchev–Trinajstić information content (AvgIpc) is 3.25. The van der Waals surface area contributed by atoms with Crippen LogP contribution in [-0.2, 0) is 11.2 Å². The molecule has 1 unspecified atom stereocenters. The average molecular weight is 367 g/mol. The molecule has 0 saturated carbocycles. The predicted octanol–water partition coefficient (Wildman–Crippen LogP) is 4.26. The second kappa shape index (κ2) is 6.95. The van der Waals surface area contributed by atoms with E-state index in [1.54, 1.807) is 11.1 Å². The Balaban J connectivity index is 1.52. The molecule has 0 radical (unpaired) electrons. The van der Waals surface area contributed by atoms with Gasteiger partial charge in [-0.25, -0.2) is 8.78 Å². The Morgan fingerprint density at radius 2 is 1.96 bits per heavy atom. The van der Waals surface area contributed by atoms with E-state index in [2.05, 4.69) is 10.2 Å². The zero-order chi connectivity index (χ0) is 19.0. The highest BCUT2D eigenvalue weighted by atomic mass is 19.1. The van der Waals surface area contributed by atoms with E-state index in [9.17, 15) is 13.6 Å². The lowest BCUT2D eigenvalue weighted by atomic mass is 9.98. The first-order valence-corrected chi connectivity index (χ1v) is 8.87. The zero-order valence-electron chi connectivity index (χ0n) is 14.9. The fraction of sp³-hybridized carbons (Fsp3) is 0.238. The minimum atomic E-state index is -0.613. The van der Waals surface area contributed by atoms with E-state index in [0.717, 1.165) is 28.4 Å². The van der Waals surface area contributed by atoms with E-state index in [-0.39, 0.29) is 11.8 Å². The number of carbonyl (C=O) groups is 1. The number of aromatic amines is 1.